The molecule has 2 aromatic rings. The molecule has 152 valence electrons. The fourth-order valence-electron chi connectivity index (χ4n) is 4.08. The molecule has 5 rings (SSSR count). The molecule has 0 atom stereocenters. The molecule has 2 amide bonds. The van der Waals surface area contributed by atoms with Gasteiger partial charge in [0.1, 0.15) is 5.75 Å². The van der Waals surface area contributed by atoms with Crippen LogP contribution in [-0.4, -0.2) is 32.9 Å². The molecule has 7 heteroatoms. The number of phenolic OH excluding ortho intramolecular Hbond substituents is 1. The number of rotatable bonds is 5. The van der Waals surface area contributed by atoms with Crippen LogP contribution in [0.5, 0.6) is 5.75 Å². The Hall–Kier alpha value is -2.83. The monoisotopic (exact) mass is 394 g/mol. The summed E-state index contributed by atoms with van der Waals surface area (Å²) < 4.78 is 1.49. The zero-order chi connectivity index (χ0) is 20.0. The van der Waals surface area contributed by atoms with Gasteiger partial charge in [0, 0.05) is 35.2 Å². The van der Waals surface area contributed by atoms with Crippen LogP contribution in [0.3, 0.4) is 0 Å². The van der Waals surface area contributed by atoms with Crippen molar-refractivity contribution in [2.75, 3.05) is 5.32 Å². The van der Waals surface area contributed by atoms with Gasteiger partial charge in [-0.15, -0.1) is 0 Å². The van der Waals surface area contributed by atoms with Crippen molar-refractivity contribution < 1.29 is 14.7 Å². The molecule has 0 saturated heterocycles. The zero-order valence-corrected chi connectivity index (χ0v) is 16.4. The van der Waals surface area contributed by atoms with Crippen molar-refractivity contribution in [3.05, 3.63) is 30.0 Å². The van der Waals surface area contributed by atoms with Gasteiger partial charge < -0.3 is 15.7 Å². The van der Waals surface area contributed by atoms with Crippen LogP contribution in [-0.2, 0) is 4.79 Å². The Balaban J connectivity index is 1.43. The molecule has 3 saturated carbocycles. The molecular weight excluding hydrogens is 368 g/mol. The highest BCUT2D eigenvalue weighted by molar-refractivity contribution is 5.94. The molecule has 0 radical (unpaired) electrons. The summed E-state index contributed by atoms with van der Waals surface area (Å²) in [7, 11) is 0. The lowest BCUT2D eigenvalue weighted by atomic mass is 10.0. The van der Waals surface area contributed by atoms with Crippen LogP contribution in [0.15, 0.2) is 24.3 Å². The van der Waals surface area contributed by atoms with Gasteiger partial charge in [0.2, 0.25) is 5.91 Å². The molecule has 0 spiro atoms. The predicted molar refractivity (Wildman–Crippen MR) is 109 cm³/mol. The normalized spacial score (nSPS) is 19.3. The number of nitrogens with zero attached hydrogens (tertiary/aromatic N) is 2. The molecule has 1 heterocycles. The van der Waals surface area contributed by atoms with Gasteiger partial charge in [-0.2, -0.15) is 9.78 Å². The lowest BCUT2D eigenvalue weighted by Gasteiger charge is -2.11. The van der Waals surface area contributed by atoms with Crippen molar-refractivity contribution in [2.24, 2.45) is 5.92 Å². The molecule has 3 N–H and O–H groups in total. The number of nitrogens with one attached hydrogen (secondary N) is 2. The summed E-state index contributed by atoms with van der Waals surface area (Å²) in [5.74, 6) is 0.470. The highest BCUT2D eigenvalue weighted by atomic mass is 16.3. The van der Waals surface area contributed by atoms with Crippen LogP contribution in [0.2, 0.25) is 0 Å². The second kappa shape index (κ2) is 7.21. The van der Waals surface area contributed by atoms with E-state index in [1.165, 1.54) is 4.68 Å². The first kappa shape index (κ1) is 18.2. The van der Waals surface area contributed by atoms with E-state index in [1.54, 1.807) is 18.2 Å². The van der Waals surface area contributed by atoms with Gasteiger partial charge >= 0.3 is 6.03 Å². The van der Waals surface area contributed by atoms with Crippen LogP contribution in [0.25, 0.3) is 11.3 Å². The largest absolute Gasteiger partial charge is 0.507 e. The van der Waals surface area contributed by atoms with Crippen LogP contribution in [0, 0.1) is 5.92 Å². The molecule has 1 aromatic carbocycles. The number of hydrogen-bond donors (Lipinski definition) is 3. The average molecular weight is 394 g/mol. The lowest BCUT2D eigenvalue weighted by Crippen LogP contribution is -2.32. The van der Waals surface area contributed by atoms with E-state index < -0.39 is 0 Å². The molecule has 7 nitrogen and oxygen atoms in total. The third kappa shape index (κ3) is 3.86. The Morgan fingerprint density at radius 3 is 2.45 bits per heavy atom. The maximum Gasteiger partial charge on any atom is 0.342 e. The molecule has 0 unspecified atom stereocenters. The third-order valence-electron chi connectivity index (χ3n) is 6.10. The number of carbonyl (C=O) groups excluding carboxylic acids is 2. The number of anilines is 1. The third-order valence-corrected chi connectivity index (χ3v) is 6.10. The van der Waals surface area contributed by atoms with E-state index in [-0.39, 0.29) is 29.6 Å². The minimum Gasteiger partial charge on any atom is -0.507 e. The van der Waals surface area contributed by atoms with E-state index in [9.17, 15) is 14.7 Å². The number of aromatic nitrogens is 2. The average Bonchev–Trinajstić information content (AvgIpc) is 3.60. The summed E-state index contributed by atoms with van der Waals surface area (Å²) in [5.41, 5.74) is 2.63. The van der Waals surface area contributed by atoms with E-state index in [4.69, 9.17) is 0 Å². The van der Waals surface area contributed by atoms with Crippen LogP contribution >= 0.6 is 0 Å². The van der Waals surface area contributed by atoms with Crippen molar-refractivity contribution in [2.45, 2.75) is 63.3 Å². The Bertz CT molecular complexity index is 953. The molecule has 29 heavy (non-hydrogen) atoms. The van der Waals surface area contributed by atoms with Crippen molar-refractivity contribution in [1.82, 2.24) is 15.1 Å². The molecule has 1 aromatic heterocycles. The number of hydrogen-bond acceptors (Lipinski definition) is 4. The van der Waals surface area contributed by atoms with Crippen molar-refractivity contribution in [3.8, 4) is 17.0 Å². The van der Waals surface area contributed by atoms with Crippen LogP contribution in [0.4, 0.5) is 10.5 Å². The topological polar surface area (TPSA) is 96.3 Å². The Morgan fingerprint density at radius 1 is 1.03 bits per heavy atom. The highest BCUT2D eigenvalue weighted by Gasteiger charge is 2.31. The Morgan fingerprint density at radius 2 is 1.79 bits per heavy atom. The summed E-state index contributed by atoms with van der Waals surface area (Å²) in [5, 5.41) is 21.0. The second-order valence-electron chi connectivity index (χ2n) is 8.57. The minimum atomic E-state index is -0.187. The van der Waals surface area contributed by atoms with Crippen molar-refractivity contribution >= 4 is 17.6 Å². The molecule has 3 aliphatic rings. The Labute approximate surface area is 169 Å². The van der Waals surface area contributed by atoms with Crippen LogP contribution < -0.4 is 10.6 Å². The lowest BCUT2D eigenvalue weighted by molar-refractivity contribution is -0.117. The molecular formula is C22H26N4O3. The summed E-state index contributed by atoms with van der Waals surface area (Å²) in [6.45, 7) is 0. The summed E-state index contributed by atoms with van der Waals surface area (Å²) >= 11 is 0. The molecule has 0 bridgehead atoms. The first-order chi connectivity index (χ1) is 14.1. The highest BCUT2D eigenvalue weighted by Crippen LogP contribution is 2.38. The van der Waals surface area contributed by atoms with E-state index in [1.807, 2.05) is 6.07 Å². The summed E-state index contributed by atoms with van der Waals surface area (Å²) in [6, 6.07) is 7.08. The van der Waals surface area contributed by atoms with Gasteiger partial charge in [-0.3, -0.25) is 4.79 Å². The smallest absolute Gasteiger partial charge is 0.342 e. The van der Waals surface area contributed by atoms with Gasteiger partial charge in [-0.05, 0) is 56.7 Å². The van der Waals surface area contributed by atoms with Gasteiger partial charge in [0.25, 0.3) is 0 Å². The molecule has 0 aliphatic heterocycles. The maximum atomic E-state index is 12.7. The summed E-state index contributed by atoms with van der Waals surface area (Å²) in [4.78, 5) is 24.7. The first-order valence-corrected chi connectivity index (χ1v) is 10.6. The van der Waals surface area contributed by atoms with Crippen molar-refractivity contribution in [1.29, 1.82) is 0 Å². The number of amides is 2. The van der Waals surface area contributed by atoms with E-state index in [2.05, 4.69) is 15.7 Å². The number of aromatic hydroxyl groups is 1. The molecule has 3 aliphatic carbocycles. The van der Waals surface area contributed by atoms with Gasteiger partial charge in [0.05, 0.1) is 11.4 Å². The van der Waals surface area contributed by atoms with Gasteiger partial charge in [-0.25, -0.2) is 4.79 Å². The SMILES string of the molecule is O=C(Nc1ccc(-c2cc(C3CCCC3)n(C(=O)NC3CC3)n2)c(O)c1)C1CC1. The predicted octanol–water partition coefficient (Wildman–Crippen LogP) is 3.98. The number of carbonyl (C=O) groups is 2. The molecule has 3 fully saturated rings. The number of phenols is 1. The van der Waals surface area contributed by atoms with Crippen molar-refractivity contribution in [3.63, 3.8) is 0 Å². The maximum absolute atomic E-state index is 12.7. The second-order valence-corrected chi connectivity index (χ2v) is 8.57. The minimum absolute atomic E-state index is 0.00157. The van der Waals surface area contributed by atoms with Gasteiger partial charge in [0.15, 0.2) is 0 Å². The fraction of sp³-hybridized carbons (Fsp3) is 0.500. The van der Waals surface area contributed by atoms with Gasteiger partial charge in [-0.1, -0.05) is 12.8 Å². The summed E-state index contributed by atoms with van der Waals surface area (Å²) in [6.07, 6.45) is 8.34. The van der Waals surface area contributed by atoms with E-state index in [0.717, 1.165) is 57.1 Å². The number of benzene rings is 1. The van der Waals surface area contributed by atoms with E-state index >= 15 is 0 Å². The van der Waals surface area contributed by atoms with E-state index in [0.29, 0.717) is 22.9 Å². The zero-order valence-electron chi connectivity index (χ0n) is 16.4. The Kier molecular flexibility index (Phi) is 4.53. The fourth-order valence-corrected chi connectivity index (χ4v) is 4.08. The first-order valence-electron chi connectivity index (χ1n) is 10.6. The standard InChI is InChI=1S/C22H26N4O3/c27-20-11-16(23-21(28)14-5-6-14)9-10-17(20)18-12-19(13-3-1-2-4-13)26(25-18)22(29)24-15-7-8-15/h9-15,27H,1-8H2,(H,23,28)(H,24,29). The quantitative estimate of drug-likeness (QED) is 0.715. The van der Waals surface area contributed by atoms with Crippen LogP contribution in [0.1, 0.15) is 63.0 Å².